The van der Waals surface area contributed by atoms with Crippen molar-refractivity contribution in [2.45, 2.75) is 26.2 Å². The monoisotopic (exact) mass is 362 g/mol. The van der Waals surface area contributed by atoms with E-state index in [9.17, 15) is 4.79 Å². The number of aldehydes is 1. The Kier molecular flexibility index (Phi) is 3.95. The van der Waals surface area contributed by atoms with Gasteiger partial charge in [0, 0.05) is 10.7 Å². The molecule has 0 aliphatic rings. The van der Waals surface area contributed by atoms with E-state index in [2.05, 4.69) is 41.9 Å². The predicted octanol–water partition coefficient (Wildman–Crippen LogP) is 5.18. The van der Waals surface area contributed by atoms with Gasteiger partial charge in [0.1, 0.15) is 0 Å². The summed E-state index contributed by atoms with van der Waals surface area (Å²) >= 11 is 5.19. The molecule has 108 valence electrons. The first-order chi connectivity index (χ1) is 10.1. The third-order valence-electron chi connectivity index (χ3n) is 3.73. The topological polar surface area (TPSA) is 34.9 Å². The Morgan fingerprint density at radius 3 is 3.00 bits per heavy atom. The first-order valence-electron chi connectivity index (χ1n) is 6.87. The molecule has 0 aliphatic heterocycles. The average Bonchev–Trinajstić information content (AvgIpc) is 3.10. The fourth-order valence-electron chi connectivity index (χ4n) is 2.37. The number of benzene rings is 1. The minimum Gasteiger partial charge on any atom is -0.296 e. The van der Waals surface area contributed by atoms with Crippen molar-refractivity contribution in [3.63, 3.8) is 0 Å². The van der Waals surface area contributed by atoms with Crippen molar-refractivity contribution in [1.82, 2.24) is 9.55 Å². The second kappa shape index (κ2) is 5.73. The number of carbonyl (C=O) groups is 1. The molecule has 0 N–H and O–H groups in total. The zero-order valence-electron chi connectivity index (χ0n) is 11.8. The van der Waals surface area contributed by atoms with Gasteiger partial charge in [0.15, 0.2) is 11.4 Å². The van der Waals surface area contributed by atoms with Crippen LogP contribution < -0.4 is 0 Å². The first-order valence-corrected chi connectivity index (χ1v) is 8.48. The highest BCUT2D eigenvalue weighted by molar-refractivity contribution is 9.10. The Morgan fingerprint density at radius 1 is 1.48 bits per heavy atom. The Balaban J connectivity index is 2.22. The number of halogens is 1. The van der Waals surface area contributed by atoms with Crippen LogP contribution in [0.3, 0.4) is 0 Å². The summed E-state index contributed by atoms with van der Waals surface area (Å²) in [6.07, 6.45) is 3.80. The molecule has 0 bridgehead atoms. The SMILES string of the molecule is CCC(C)c1cc(Br)cc2sc(-n3cccc3C=O)nc12. The number of hydrogen-bond acceptors (Lipinski definition) is 3. The number of carbonyl (C=O) groups excluding carboxylic acids is 1. The molecule has 0 radical (unpaired) electrons. The van der Waals surface area contributed by atoms with Gasteiger partial charge < -0.3 is 0 Å². The smallest absolute Gasteiger partial charge is 0.195 e. The largest absolute Gasteiger partial charge is 0.296 e. The summed E-state index contributed by atoms with van der Waals surface area (Å²) in [4.78, 5) is 15.9. The molecule has 0 spiro atoms. The van der Waals surface area contributed by atoms with Gasteiger partial charge in [-0.2, -0.15) is 0 Å². The van der Waals surface area contributed by atoms with Crippen molar-refractivity contribution in [2.24, 2.45) is 0 Å². The molecule has 2 heterocycles. The lowest BCUT2D eigenvalue weighted by molar-refractivity contribution is 0.111. The van der Waals surface area contributed by atoms with E-state index in [4.69, 9.17) is 4.98 Å². The highest BCUT2D eigenvalue weighted by Crippen LogP contribution is 2.35. The maximum Gasteiger partial charge on any atom is 0.195 e. The molecular weight excluding hydrogens is 348 g/mol. The Bertz CT molecular complexity index is 806. The van der Waals surface area contributed by atoms with Gasteiger partial charge in [-0.3, -0.25) is 9.36 Å². The molecule has 3 aromatic rings. The van der Waals surface area contributed by atoms with Gasteiger partial charge in [0.2, 0.25) is 0 Å². The van der Waals surface area contributed by atoms with Crippen LogP contribution in [0.25, 0.3) is 15.3 Å². The number of aromatic nitrogens is 2. The van der Waals surface area contributed by atoms with Crippen LogP contribution in [0.15, 0.2) is 34.9 Å². The lowest BCUT2D eigenvalue weighted by atomic mass is 9.98. The van der Waals surface area contributed by atoms with E-state index >= 15 is 0 Å². The van der Waals surface area contributed by atoms with Crippen LogP contribution in [0.4, 0.5) is 0 Å². The second-order valence-corrected chi connectivity index (χ2v) is 6.99. The zero-order valence-corrected chi connectivity index (χ0v) is 14.2. The zero-order chi connectivity index (χ0) is 15.0. The maximum atomic E-state index is 11.1. The van der Waals surface area contributed by atoms with Crippen LogP contribution in [0, 0.1) is 0 Å². The molecule has 1 unspecified atom stereocenters. The Labute approximate surface area is 135 Å². The highest BCUT2D eigenvalue weighted by Gasteiger charge is 2.15. The molecular formula is C16H15BrN2OS. The van der Waals surface area contributed by atoms with Crippen molar-refractivity contribution >= 4 is 43.8 Å². The third kappa shape index (κ3) is 2.56. The van der Waals surface area contributed by atoms with E-state index in [1.54, 1.807) is 17.4 Å². The number of hydrogen-bond donors (Lipinski definition) is 0. The van der Waals surface area contributed by atoms with Crippen molar-refractivity contribution in [3.8, 4) is 5.13 Å². The van der Waals surface area contributed by atoms with Crippen LogP contribution in [0.1, 0.15) is 42.2 Å². The van der Waals surface area contributed by atoms with Gasteiger partial charge in [-0.05, 0) is 42.2 Å². The van der Waals surface area contributed by atoms with Gasteiger partial charge in [-0.15, -0.1) is 0 Å². The Morgan fingerprint density at radius 2 is 2.29 bits per heavy atom. The minimum atomic E-state index is 0.454. The summed E-state index contributed by atoms with van der Waals surface area (Å²) in [5.41, 5.74) is 2.92. The van der Waals surface area contributed by atoms with Gasteiger partial charge in [0.05, 0.1) is 15.9 Å². The molecule has 3 nitrogen and oxygen atoms in total. The van der Waals surface area contributed by atoms with Crippen LogP contribution in [0.5, 0.6) is 0 Å². The fraction of sp³-hybridized carbons (Fsp3) is 0.250. The number of fused-ring (bicyclic) bond motifs is 1. The Hall–Kier alpha value is -1.46. The molecule has 0 saturated carbocycles. The number of rotatable bonds is 4. The van der Waals surface area contributed by atoms with Crippen LogP contribution >= 0.6 is 27.3 Å². The number of nitrogens with zero attached hydrogens (tertiary/aromatic N) is 2. The molecule has 2 aromatic heterocycles. The number of thiazole rings is 1. The van der Waals surface area contributed by atoms with E-state index in [1.807, 2.05) is 16.8 Å². The van der Waals surface area contributed by atoms with Crippen LogP contribution in [-0.4, -0.2) is 15.8 Å². The summed E-state index contributed by atoms with van der Waals surface area (Å²) in [5, 5.41) is 0.833. The summed E-state index contributed by atoms with van der Waals surface area (Å²) in [6, 6.07) is 7.90. The maximum absolute atomic E-state index is 11.1. The first kappa shape index (κ1) is 14.5. The van der Waals surface area contributed by atoms with Gasteiger partial charge >= 0.3 is 0 Å². The summed E-state index contributed by atoms with van der Waals surface area (Å²) in [7, 11) is 0. The van der Waals surface area contributed by atoms with Crippen molar-refractivity contribution < 1.29 is 4.79 Å². The van der Waals surface area contributed by atoms with E-state index < -0.39 is 0 Å². The average molecular weight is 363 g/mol. The van der Waals surface area contributed by atoms with Crippen molar-refractivity contribution in [3.05, 3.63) is 46.2 Å². The van der Waals surface area contributed by atoms with Crippen molar-refractivity contribution in [1.29, 1.82) is 0 Å². The van der Waals surface area contributed by atoms with E-state index in [0.29, 0.717) is 11.6 Å². The standard InChI is InChI=1S/C16H15BrN2OS/c1-3-10(2)13-7-11(17)8-14-15(13)18-16(21-14)19-6-4-5-12(19)9-20/h4-10H,3H2,1-2H3. The molecule has 3 rings (SSSR count). The molecule has 1 aromatic carbocycles. The van der Waals surface area contributed by atoms with Gasteiger partial charge in [-0.1, -0.05) is 41.1 Å². The molecule has 0 fully saturated rings. The highest BCUT2D eigenvalue weighted by atomic mass is 79.9. The van der Waals surface area contributed by atoms with Gasteiger partial charge in [-0.25, -0.2) is 4.98 Å². The third-order valence-corrected chi connectivity index (χ3v) is 5.19. The minimum absolute atomic E-state index is 0.454. The lowest BCUT2D eigenvalue weighted by Crippen LogP contribution is -1.97. The molecule has 21 heavy (non-hydrogen) atoms. The molecule has 0 aliphatic carbocycles. The molecule has 5 heteroatoms. The molecule has 0 saturated heterocycles. The van der Waals surface area contributed by atoms with Crippen molar-refractivity contribution in [2.75, 3.05) is 0 Å². The van der Waals surface area contributed by atoms with Crippen LogP contribution in [-0.2, 0) is 0 Å². The quantitative estimate of drug-likeness (QED) is 0.599. The fourth-order valence-corrected chi connectivity index (χ4v) is 4.04. The predicted molar refractivity (Wildman–Crippen MR) is 90.7 cm³/mol. The lowest BCUT2D eigenvalue weighted by Gasteiger charge is -2.10. The molecule has 0 amide bonds. The van der Waals surface area contributed by atoms with Crippen LogP contribution in [0.2, 0.25) is 0 Å². The van der Waals surface area contributed by atoms with E-state index in [0.717, 1.165) is 32.5 Å². The van der Waals surface area contributed by atoms with E-state index in [-0.39, 0.29) is 0 Å². The van der Waals surface area contributed by atoms with E-state index in [1.165, 1.54) is 5.56 Å². The van der Waals surface area contributed by atoms with Gasteiger partial charge in [0.25, 0.3) is 0 Å². The summed E-state index contributed by atoms with van der Waals surface area (Å²) < 4.78 is 4.05. The summed E-state index contributed by atoms with van der Waals surface area (Å²) in [6.45, 7) is 4.40. The normalized spacial score (nSPS) is 12.7. The second-order valence-electron chi connectivity index (χ2n) is 5.07. The summed E-state index contributed by atoms with van der Waals surface area (Å²) in [5.74, 6) is 0.454. The molecule has 1 atom stereocenters.